The van der Waals surface area contributed by atoms with E-state index in [0.717, 1.165) is 26.4 Å². The first-order chi connectivity index (χ1) is 7.93. The summed E-state index contributed by atoms with van der Waals surface area (Å²) in [5, 5.41) is 9.10. The molecule has 0 aromatic heterocycles. The van der Waals surface area contributed by atoms with Gasteiger partial charge in [0.1, 0.15) is 5.54 Å². The Bertz CT molecular complexity index is 418. The highest BCUT2D eigenvalue weighted by Crippen LogP contribution is 2.28. The summed E-state index contributed by atoms with van der Waals surface area (Å²) < 4.78 is 30.0. The van der Waals surface area contributed by atoms with Crippen molar-refractivity contribution in [2.45, 2.75) is 37.6 Å². The van der Waals surface area contributed by atoms with Crippen LogP contribution in [0.5, 0.6) is 0 Å². The Kier molecular flexibility index (Phi) is 4.48. The molecular weight excluding hydrogens is 244 g/mol. The quantitative estimate of drug-likeness (QED) is 0.733. The Morgan fingerprint density at radius 3 is 2.47 bits per heavy atom. The molecule has 0 radical (unpaired) electrons. The number of hydrogen-bond donors (Lipinski definition) is 1. The van der Waals surface area contributed by atoms with Crippen LogP contribution in [-0.4, -0.2) is 32.8 Å². The average Bonchev–Trinajstić information content (AvgIpc) is 2.28. The van der Waals surface area contributed by atoms with E-state index in [1.807, 2.05) is 6.07 Å². The minimum atomic E-state index is -3.81. The molecule has 1 aliphatic rings. The van der Waals surface area contributed by atoms with E-state index in [9.17, 15) is 13.2 Å². The fourth-order valence-electron chi connectivity index (χ4n) is 1.94. The third-order valence-corrected chi connectivity index (χ3v) is 4.13. The lowest BCUT2D eigenvalue weighted by Gasteiger charge is -2.30. The number of sulfonamides is 1. The number of nitrogens with zero attached hydrogens (tertiary/aromatic N) is 1. The standard InChI is InChI=1S/C10H16N2O4S/c1-16-9(13)7-17(14,15)12-10(8-11)5-3-2-4-6-10/h12H,2-7H2,1H3. The summed E-state index contributed by atoms with van der Waals surface area (Å²) in [6.07, 6.45) is 3.61. The summed E-state index contributed by atoms with van der Waals surface area (Å²) in [4.78, 5) is 10.9. The smallest absolute Gasteiger partial charge is 0.322 e. The average molecular weight is 260 g/mol. The maximum atomic E-state index is 11.7. The molecule has 0 heterocycles. The molecule has 0 aromatic rings. The van der Waals surface area contributed by atoms with Crippen LogP contribution in [0.25, 0.3) is 0 Å². The Morgan fingerprint density at radius 1 is 1.41 bits per heavy atom. The number of nitrogens with one attached hydrogen (secondary N) is 1. The summed E-state index contributed by atoms with van der Waals surface area (Å²) in [5.74, 6) is -1.58. The van der Waals surface area contributed by atoms with Crippen LogP contribution in [0, 0.1) is 11.3 Å². The molecule has 1 aliphatic carbocycles. The number of esters is 1. The summed E-state index contributed by atoms with van der Waals surface area (Å²) in [5.41, 5.74) is -1.05. The van der Waals surface area contributed by atoms with Crippen LogP contribution in [0.4, 0.5) is 0 Å². The predicted octanol–water partition coefficient (Wildman–Crippen LogP) is 0.305. The second-order valence-electron chi connectivity index (χ2n) is 4.19. The van der Waals surface area contributed by atoms with Gasteiger partial charge in [0, 0.05) is 0 Å². The van der Waals surface area contributed by atoms with E-state index in [2.05, 4.69) is 9.46 Å². The number of ether oxygens (including phenoxy) is 1. The lowest BCUT2D eigenvalue weighted by molar-refractivity contribution is -0.137. The molecular formula is C10H16N2O4S. The van der Waals surface area contributed by atoms with Crippen molar-refractivity contribution in [1.82, 2.24) is 4.72 Å². The molecule has 0 aromatic carbocycles. The van der Waals surface area contributed by atoms with Crippen LogP contribution in [0.2, 0.25) is 0 Å². The zero-order chi connectivity index (χ0) is 12.9. The first-order valence-corrected chi connectivity index (χ1v) is 7.08. The topological polar surface area (TPSA) is 96.3 Å². The normalized spacial score (nSPS) is 19.3. The zero-order valence-corrected chi connectivity index (χ0v) is 10.5. The number of rotatable bonds is 4. The molecule has 0 atom stereocenters. The Labute approximate surface area is 101 Å². The fraction of sp³-hybridized carbons (Fsp3) is 0.800. The number of hydrogen-bond acceptors (Lipinski definition) is 5. The van der Waals surface area contributed by atoms with Gasteiger partial charge in [-0.3, -0.25) is 4.79 Å². The maximum absolute atomic E-state index is 11.7. The molecule has 0 spiro atoms. The van der Waals surface area contributed by atoms with Crippen molar-refractivity contribution in [1.29, 1.82) is 5.26 Å². The molecule has 0 unspecified atom stereocenters. The van der Waals surface area contributed by atoms with E-state index >= 15 is 0 Å². The van der Waals surface area contributed by atoms with Gasteiger partial charge in [-0.05, 0) is 12.8 Å². The molecule has 0 aliphatic heterocycles. The van der Waals surface area contributed by atoms with Gasteiger partial charge in [-0.25, -0.2) is 8.42 Å². The van der Waals surface area contributed by atoms with Crippen molar-refractivity contribution in [3.8, 4) is 6.07 Å². The van der Waals surface area contributed by atoms with Gasteiger partial charge in [0.05, 0.1) is 13.2 Å². The monoisotopic (exact) mass is 260 g/mol. The SMILES string of the molecule is COC(=O)CS(=O)(=O)NC1(C#N)CCCCC1. The van der Waals surface area contributed by atoms with Gasteiger partial charge in [-0.1, -0.05) is 19.3 Å². The molecule has 1 N–H and O–H groups in total. The first-order valence-electron chi connectivity index (χ1n) is 5.43. The van der Waals surface area contributed by atoms with Gasteiger partial charge < -0.3 is 4.74 Å². The molecule has 1 rings (SSSR count). The third-order valence-electron chi connectivity index (χ3n) is 2.81. The Hall–Kier alpha value is -1.13. The van der Waals surface area contributed by atoms with Crippen LogP contribution < -0.4 is 4.72 Å². The molecule has 6 nitrogen and oxygen atoms in total. The fourth-order valence-corrected chi connectivity index (χ4v) is 3.29. The van der Waals surface area contributed by atoms with E-state index < -0.39 is 27.3 Å². The lowest BCUT2D eigenvalue weighted by Crippen LogP contribution is -2.50. The van der Waals surface area contributed by atoms with Crippen LogP contribution in [-0.2, 0) is 19.6 Å². The molecule has 1 fully saturated rings. The van der Waals surface area contributed by atoms with E-state index in [4.69, 9.17) is 5.26 Å². The predicted molar refractivity (Wildman–Crippen MR) is 60.4 cm³/mol. The summed E-state index contributed by atoms with van der Waals surface area (Å²) >= 11 is 0. The number of carbonyl (C=O) groups is 1. The molecule has 0 amide bonds. The Morgan fingerprint density at radius 2 is 2.00 bits per heavy atom. The Balaban J connectivity index is 2.74. The zero-order valence-electron chi connectivity index (χ0n) is 9.73. The van der Waals surface area contributed by atoms with E-state index in [-0.39, 0.29) is 0 Å². The van der Waals surface area contributed by atoms with Crippen molar-refractivity contribution in [2.24, 2.45) is 0 Å². The summed E-state index contributed by atoms with van der Waals surface area (Å²) in [6.45, 7) is 0. The van der Waals surface area contributed by atoms with Crippen molar-refractivity contribution in [3.05, 3.63) is 0 Å². The highest BCUT2D eigenvalue weighted by Gasteiger charge is 2.36. The van der Waals surface area contributed by atoms with Crippen LogP contribution in [0.3, 0.4) is 0 Å². The number of nitriles is 1. The first kappa shape index (κ1) is 13.9. The number of methoxy groups -OCH3 is 1. The minimum Gasteiger partial charge on any atom is -0.468 e. The lowest BCUT2D eigenvalue weighted by atomic mass is 9.84. The van der Waals surface area contributed by atoms with Crippen LogP contribution in [0.15, 0.2) is 0 Å². The number of carbonyl (C=O) groups excluding carboxylic acids is 1. The van der Waals surface area contributed by atoms with Gasteiger partial charge in [0.2, 0.25) is 10.0 Å². The van der Waals surface area contributed by atoms with E-state index in [0.29, 0.717) is 12.8 Å². The van der Waals surface area contributed by atoms with Crippen molar-refractivity contribution in [2.75, 3.05) is 12.9 Å². The summed E-state index contributed by atoms with van der Waals surface area (Å²) in [7, 11) is -2.69. The van der Waals surface area contributed by atoms with Crippen molar-refractivity contribution >= 4 is 16.0 Å². The third kappa shape index (κ3) is 3.98. The molecule has 7 heteroatoms. The summed E-state index contributed by atoms with van der Waals surface area (Å²) in [6, 6.07) is 2.02. The van der Waals surface area contributed by atoms with Crippen LogP contribution in [0.1, 0.15) is 32.1 Å². The highest BCUT2D eigenvalue weighted by molar-refractivity contribution is 7.90. The van der Waals surface area contributed by atoms with Gasteiger partial charge in [0.25, 0.3) is 0 Å². The highest BCUT2D eigenvalue weighted by atomic mass is 32.2. The molecule has 0 bridgehead atoms. The van der Waals surface area contributed by atoms with E-state index in [1.165, 1.54) is 0 Å². The minimum absolute atomic E-state index is 0.490. The molecule has 0 saturated heterocycles. The molecule has 17 heavy (non-hydrogen) atoms. The van der Waals surface area contributed by atoms with Crippen molar-refractivity contribution < 1.29 is 17.9 Å². The van der Waals surface area contributed by atoms with Gasteiger partial charge >= 0.3 is 5.97 Å². The second-order valence-corrected chi connectivity index (χ2v) is 5.91. The van der Waals surface area contributed by atoms with E-state index in [1.54, 1.807) is 0 Å². The molecule has 96 valence electrons. The second kappa shape index (κ2) is 5.47. The van der Waals surface area contributed by atoms with Gasteiger partial charge in [-0.15, -0.1) is 0 Å². The van der Waals surface area contributed by atoms with Crippen LogP contribution >= 0.6 is 0 Å². The largest absolute Gasteiger partial charge is 0.468 e. The van der Waals surface area contributed by atoms with Crippen molar-refractivity contribution in [3.63, 3.8) is 0 Å². The van der Waals surface area contributed by atoms with Gasteiger partial charge in [0.15, 0.2) is 5.75 Å². The maximum Gasteiger partial charge on any atom is 0.322 e. The molecule has 1 saturated carbocycles. The van der Waals surface area contributed by atoms with Gasteiger partial charge in [-0.2, -0.15) is 9.98 Å².